The third-order valence-corrected chi connectivity index (χ3v) is 4.31. The summed E-state index contributed by atoms with van der Waals surface area (Å²) in [5, 5.41) is 12.9. The molecule has 0 radical (unpaired) electrons. The van der Waals surface area contributed by atoms with Gasteiger partial charge in [-0.15, -0.1) is 12.4 Å². The molecule has 27 heavy (non-hydrogen) atoms. The molecule has 0 amide bonds. The van der Waals surface area contributed by atoms with E-state index in [0.29, 0.717) is 17.1 Å². The van der Waals surface area contributed by atoms with E-state index in [-0.39, 0.29) is 31.4 Å². The van der Waals surface area contributed by atoms with Crippen molar-refractivity contribution in [3.63, 3.8) is 0 Å². The smallest absolute Gasteiger partial charge is 0.393 e. The largest absolute Gasteiger partial charge is 0.497 e. The van der Waals surface area contributed by atoms with E-state index in [1.807, 2.05) is 0 Å². The molecule has 2 atom stereocenters. The number of carboxylic acids is 1. The zero-order valence-corrected chi connectivity index (χ0v) is 15.0. The normalized spacial score (nSPS) is 20.3. The highest BCUT2D eigenvalue weighted by Crippen LogP contribution is 2.38. The first-order valence-corrected chi connectivity index (χ1v) is 7.77. The molecule has 1 aliphatic heterocycles. The van der Waals surface area contributed by atoms with Crippen molar-refractivity contribution in [1.82, 2.24) is 15.0 Å². The third-order valence-electron chi connectivity index (χ3n) is 4.31. The number of hydrogen-bond donors (Lipinski definition) is 1. The fourth-order valence-electron chi connectivity index (χ4n) is 2.96. The van der Waals surface area contributed by atoms with Crippen molar-refractivity contribution in [2.45, 2.75) is 12.7 Å². The van der Waals surface area contributed by atoms with Crippen molar-refractivity contribution in [3.05, 3.63) is 30.2 Å². The molecule has 1 saturated heterocycles. The van der Waals surface area contributed by atoms with E-state index in [2.05, 4.69) is 10.1 Å². The molecular weight excluding hydrogens is 391 g/mol. The highest BCUT2D eigenvalue weighted by Gasteiger charge is 2.52. The SMILES string of the molecule is COc1ccc(-c2noc(CN3C[C@@H](C(F)(F)F)[C@H](C(=O)O)C3)n2)cc1.Cl. The molecule has 3 rings (SSSR count). The van der Waals surface area contributed by atoms with Crippen molar-refractivity contribution in [2.24, 2.45) is 11.8 Å². The number of likely N-dealkylation sites (tertiary alicyclic amines) is 1. The van der Waals surface area contributed by atoms with Crippen molar-refractivity contribution in [3.8, 4) is 17.1 Å². The molecule has 1 fully saturated rings. The maximum absolute atomic E-state index is 13.0. The standard InChI is InChI=1S/C16H16F3N3O4.ClH/c1-25-10-4-2-9(3-5-10)14-20-13(26-21-14)8-22-6-11(15(23)24)12(7-22)16(17,18)19;/h2-5,11-12H,6-8H2,1H3,(H,23,24);1H/t11-,12-;/m1./s1. The lowest BCUT2D eigenvalue weighted by atomic mass is 9.96. The van der Waals surface area contributed by atoms with Crippen LogP contribution in [0.25, 0.3) is 11.4 Å². The lowest BCUT2D eigenvalue weighted by Gasteiger charge is -2.17. The summed E-state index contributed by atoms with van der Waals surface area (Å²) in [6.45, 7) is -0.681. The number of halogens is 4. The van der Waals surface area contributed by atoms with Gasteiger partial charge < -0.3 is 14.4 Å². The zero-order chi connectivity index (χ0) is 18.9. The number of carboxylic acid groups (broad SMARTS) is 1. The number of aliphatic carboxylic acids is 1. The molecule has 1 aromatic carbocycles. The Morgan fingerprint density at radius 3 is 2.52 bits per heavy atom. The van der Waals surface area contributed by atoms with Crippen LogP contribution in [-0.4, -0.2) is 52.5 Å². The molecule has 0 bridgehead atoms. The summed E-state index contributed by atoms with van der Waals surface area (Å²) in [5.74, 6) is -3.79. The highest BCUT2D eigenvalue weighted by atomic mass is 35.5. The number of benzene rings is 1. The van der Waals surface area contributed by atoms with Gasteiger partial charge in [0.05, 0.1) is 25.5 Å². The molecule has 1 aliphatic rings. The summed E-state index contributed by atoms with van der Waals surface area (Å²) >= 11 is 0. The average Bonchev–Trinajstić information content (AvgIpc) is 3.22. The van der Waals surface area contributed by atoms with Crippen molar-refractivity contribution in [1.29, 1.82) is 0 Å². The molecule has 0 unspecified atom stereocenters. The fourth-order valence-corrected chi connectivity index (χ4v) is 2.96. The summed E-state index contributed by atoms with van der Waals surface area (Å²) in [7, 11) is 1.54. The Kier molecular flexibility index (Phi) is 6.32. The number of carbonyl (C=O) groups is 1. The first kappa shape index (κ1) is 21.0. The molecule has 2 aromatic rings. The van der Waals surface area contributed by atoms with Crippen LogP contribution in [0.2, 0.25) is 0 Å². The van der Waals surface area contributed by atoms with Gasteiger partial charge >= 0.3 is 12.1 Å². The second kappa shape index (κ2) is 8.13. The predicted molar refractivity (Wildman–Crippen MR) is 89.5 cm³/mol. The summed E-state index contributed by atoms with van der Waals surface area (Å²) in [6, 6.07) is 6.89. The average molecular weight is 408 g/mol. The predicted octanol–water partition coefficient (Wildman–Crippen LogP) is 2.86. The minimum absolute atomic E-state index is 0. The minimum atomic E-state index is -4.57. The van der Waals surface area contributed by atoms with Crippen LogP contribution in [0.4, 0.5) is 13.2 Å². The second-order valence-corrected chi connectivity index (χ2v) is 6.03. The number of nitrogens with zero attached hydrogens (tertiary/aromatic N) is 3. The van der Waals surface area contributed by atoms with E-state index in [1.54, 1.807) is 24.3 Å². The first-order chi connectivity index (χ1) is 12.3. The number of ether oxygens (including phenoxy) is 1. The number of rotatable bonds is 5. The maximum atomic E-state index is 13.0. The Hall–Kier alpha value is -2.33. The monoisotopic (exact) mass is 407 g/mol. The Balaban J connectivity index is 0.00000261. The van der Waals surface area contributed by atoms with E-state index in [1.165, 1.54) is 12.0 Å². The molecule has 2 heterocycles. The molecule has 0 spiro atoms. The van der Waals surface area contributed by atoms with Crippen LogP contribution in [-0.2, 0) is 11.3 Å². The summed E-state index contributed by atoms with van der Waals surface area (Å²) in [6.07, 6.45) is -4.57. The molecule has 0 aliphatic carbocycles. The second-order valence-electron chi connectivity index (χ2n) is 6.03. The Morgan fingerprint density at radius 2 is 2.00 bits per heavy atom. The van der Waals surface area contributed by atoms with Crippen LogP contribution in [0.15, 0.2) is 28.8 Å². The maximum Gasteiger partial charge on any atom is 0.393 e. The summed E-state index contributed by atoms with van der Waals surface area (Å²) in [5.41, 5.74) is 0.666. The van der Waals surface area contributed by atoms with Crippen LogP contribution < -0.4 is 4.74 Å². The van der Waals surface area contributed by atoms with Crippen molar-refractivity contribution < 1.29 is 32.3 Å². The quantitative estimate of drug-likeness (QED) is 0.815. The molecular formula is C16H17ClF3N3O4. The Bertz CT molecular complexity index is 782. The molecule has 1 N–H and O–H groups in total. The first-order valence-electron chi connectivity index (χ1n) is 7.77. The van der Waals surface area contributed by atoms with Crippen LogP contribution in [0.3, 0.4) is 0 Å². The van der Waals surface area contributed by atoms with Gasteiger partial charge in [-0.25, -0.2) is 0 Å². The lowest BCUT2D eigenvalue weighted by Crippen LogP contribution is -2.33. The van der Waals surface area contributed by atoms with Crippen molar-refractivity contribution in [2.75, 3.05) is 20.2 Å². The Labute approximate surface area is 158 Å². The van der Waals surface area contributed by atoms with Crippen LogP contribution in [0.1, 0.15) is 5.89 Å². The van der Waals surface area contributed by atoms with Crippen LogP contribution in [0.5, 0.6) is 5.75 Å². The Morgan fingerprint density at radius 1 is 1.33 bits per heavy atom. The van der Waals surface area contributed by atoms with Gasteiger partial charge in [-0.05, 0) is 24.3 Å². The van der Waals surface area contributed by atoms with E-state index >= 15 is 0 Å². The topological polar surface area (TPSA) is 88.7 Å². The fraction of sp³-hybridized carbons (Fsp3) is 0.438. The summed E-state index contributed by atoms with van der Waals surface area (Å²) < 4.78 is 49.2. The van der Waals surface area contributed by atoms with Gasteiger partial charge in [-0.2, -0.15) is 18.2 Å². The zero-order valence-electron chi connectivity index (χ0n) is 14.1. The van der Waals surface area contributed by atoms with E-state index < -0.39 is 30.5 Å². The van der Waals surface area contributed by atoms with Gasteiger partial charge in [-0.3, -0.25) is 9.69 Å². The molecule has 0 saturated carbocycles. The number of hydrogen-bond acceptors (Lipinski definition) is 6. The number of alkyl halides is 3. The molecule has 1 aromatic heterocycles. The molecule has 11 heteroatoms. The third kappa shape index (κ3) is 4.69. The highest BCUT2D eigenvalue weighted by molar-refractivity contribution is 5.85. The van der Waals surface area contributed by atoms with E-state index in [0.717, 1.165) is 0 Å². The van der Waals surface area contributed by atoms with Gasteiger partial charge in [0.25, 0.3) is 0 Å². The number of aromatic nitrogens is 2. The summed E-state index contributed by atoms with van der Waals surface area (Å²) in [4.78, 5) is 16.6. The van der Waals surface area contributed by atoms with Gasteiger partial charge in [0.1, 0.15) is 5.75 Å². The van der Waals surface area contributed by atoms with E-state index in [9.17, 15) is 18.0 Å². The number of methoxy groups -OCH3 is 1. The minimum Gasteiger partial charge on any atom is -0.497 e. The van der Waals surface area contributed by atoms with E-state index in [4.69, 9.17) is 14.4 Å². The van der Waals surface area contributed by atoms with Crippen molar-refractivity contribution >= 4 is 18.4 Å². The lowest BCUT2D eigenvalue weighted by molar-refractivity contribution is -0.188. The van der Waals surface area contributed by atoms with Gasteiger partial charge in [0, 0.05) is 18.7 Å². The molecule has 7 nitrogen and oxygen atoms in total. The molecule has 148 valence electrons. The van der Waals surface area contributed by atoms with Gasteiger partial charge in [0.15, 0.2) is 0 Å². The van der Waals surface area contributed by atoms with Gasteiger partial charge in [-0.1, -0.05) is 5.16 Å². The van der Waals surface area contributed by atoms with Gasteiger partial charge in [0.2, 0.25) is 11.7 Å². The van der Waals surface area contributed by atoms with Crippen LogP contribution >= 0.6 is 12.4 Å². The van der Waals surface area contributed by atoms with Crippen LogP contribution in [0, 0.1) is 11.8 Å².